The number of allylic oxidation sites excluding steroid dienone is 9. The van der Waals surface area contributed by atoms with E-state index in [9.17, 15) is 0 Å². The molecule has 1 aliphatic rings. The van der Waals surface area contributed by atoms with Crippen molar-refractivity contribution in [3.63, 3.8) is 0 Å². The summed E-state index contributed by atoms with van der Waals surface area (Å²) in [6.45, 7) is 27.2. The summed E-state index contributed by atoms with van der Waals surface area (Å²) in [4.78, 5) is 0. The Morgan fingerprint density at radius 3 is 1.95 bits per heavy atom. The first-order valence-corrected chi connectivity index (χ1v) is 22.4. The van der Waals surface area contributed by atoms with E-state index in [0.717, 1.165) is 25.2 Å². The van der Waals surface area contributed by atoms with Crippen LogP contribution in [0, 0.1) is 33.6 Å². The highest BCUT2D eigenvalue weighted by molar-refractivity contribution is 5.91. The standard InChI is InChI=1S/C46H56.C12H18/c1-10-13-14-15-20-39-27-28-40(36(8)35(39)7)29-30-41(19-11-2)42-26-25-33(5)45(31-42)46(37(9)38-21-18-22-38)44-24-17-16-23-43(44)34(6)32(4)12-3;1-4-7-10(2)12-9-6-5-8-11(12)3/h13-17,19-20,23-31,38H,10-12,18,21-22H2,1-9H3;5-6,8-10H,4,7H2,1-3H3/b14-13+,20-15-,30-29-,34-32-,41-19+,46-37-;. The first-order chi connectivity index (χ1) is 28.0. The van der Waals surface area contributed by atoms with E-state index in [1.807, 2.05) is 0 Å². The summed E-state index contributed by atoms with van der Waals surface area (Å²) >= 11 is 0. The van der Waals surface area contributed by atoms with Crippen LogP contribution >= 0.6 is 0 Å². The Labute approximate surface area is 355 Å². The summed E-state index contributed by atoms with van der Waals surface area (Å²) in [7, 11) is 0. The fourth-order valence-corrected chi connectivity index (χ4v) is 8.22. The second-order valence-corrected chi connectivity index (χ2v) is 16.7. The van der Waals surface area contributed by atoms with Crippen LogP contribution in [0.25, 0.3) is 28.9 Å². The molecule has 0 amide bonds. The molecule has 0 radical (unpaired) electrons. The fourth-order valence-electron chi connectivity index (χ4n) is 8.22. The van der Waals surface area contributed by atoms with Crippen LogP contribution in [0.2, 0.25) is 0 Å². The van der Waals surface area contributed by atoms with E-state index >= 15 is 0 Å². The lowest BCUT2D eigenvalue weighted by atomic mass is 9.74. The van der Waals surface area contributed by atoms with E-state index in [1.54, 1.807) is 5.57 Å². The molecule has 1 aliphatic carbocycles. The monoisotopic (exact) mass is 771 g/mol. The molecule has 0 heterocycles. The van der Waals surface area contributed by atoms with Crippen molar-refractivity contribution in [3.05, 3.63) is 182 Å². The molecule has 0 N–H and O–H groups in total. The highest BCUT2D eigenvalue weighted by atomic mass is 14.3. The Hall–Kier alpha value is -4.68. The Morgan fingerprint density at radius 2 is 1.34 bits per heavy atom. The van der Waals surface area contributed by atoms with Crippen molar-refractivity contribution in [1.29, 1.82) is 0 Å². The van der Waals surface area contributed by atoms with Gasteiger partial charge >= 0.3 is 0 Å². The van der Waals surface area contributed by atoms with Crippen LogP contribution in [0.5, 0.6) is 0 Å². The van der Waals surface area contributed by atoms with Gasteiger partial charge in [0.1, 0.15) is 0 Å². The maximum Gasteiger partial charge on any atom is -0.0103 e. The van der Waals surface area contributed by atoms with Crippen LogP contribution in [-0.2, 0) is 0 Å². The molecule has 0 heteroatoms. The number of aryl methyl sites for hydroxylation is 2. The summed E-state index contributed by atoms with van der Waals surface area (Å²) < 4.78 is 0. The van der Waals surface area contributed by atoms with Crippen molar-refractivity contribution in [2.24, 2.45) is 5.92 Å². The molecule has 0 spiro atoms. The molecular formula is C58H74. The molecule has 4 aromatic carbocycles. The highest BCUT2D eigenvalue weighted by Gasteiger charge is 2.25. The van der Waals surface area contributed by atoms with Gasteiger partial charge in [0.2, 0.25) is 0 Å². The van der Waals surface area contributed by atoms with Crippen molar-refractivity contribution in [2.45, 2.75) is 140 Å². The topological polar surface area (TPSA) is 0 Å². The molecule has 0 nitrogen and oxygen atoms in total. The Morgan fingerprint density at radius 1 is 0.690 bits per heavy atom. The lowest BCUT2D eigenvalue weighted by molar-refractivity contribution is 0.369. The van der Waals surface area contributed by atoms with Crippen LogP contribution in [0.3, 0.4) is 0 Å². The van der Waals surface area contributed by atoms with Gasteiger partial charge in [0.25, 0.3) is 0 Å². The van der Waals surface area contributed by atoms with Crippen LogP contribution in [0.4, 0.5) is 0 Å². The molecule has 5 rings (SSSR count). The third-order valence-electron chi connectivity index (χ3n) is 12.7. The molecule has 4 aromatic rings. The number of hydrogen-bond donors (Lipinski definition) is 0. The van der Waals surface area contributed by atoms with Crippen molar-refractivity contribution in [1.82, 2.24) is 0 Å². The van der Waals surface area contributed by atoms with Crippen molar-refractivity contribution >= 4 is 28.9 Å². The van der Waals surface area contributed by atoms with Gasteiger partial charge < -0.3 is 0 Å². The van der Waals surface area contributed by atoms with Crippen LogP contribution in [-0.4, -0.2) is 0 Å². The minimum Gasteiger partial charge on any atom is -0.0848 e. The third-order valence-corrected chi connectivity index (χ3v) is 12.7. The van der Waals surface area contributed by atoms with E-state index in [-0.39, 0.29) is 0 Å². The van der Waals surface area contributed by atoms with Gasteiger partial charge in [0.15, 0.2) is 0 Å². The normalized spacial score (nSPS) is 15.0. The average molecular weight is 771 g/mol. The second-order valence-electron chi connectivity index (χ2n) is 16.7. The van der Waals surface area contributed by atoms with Crippen LogP contribution in [0.1, 0.15) is 174 Å². The molecule has 306 valence electrons. The van der Waals surface area contributed by atoms with E-state index in [1.165, 1.54) is 116 Å². The minimum atomic E-state index is 0.667. The SMILES string of the molecule is CC/C=C/C=C\c1ccc(/C=C\C(=C/CC)c2ccc(C)c(/C(=C(/C)C3CCC3)c3ccccc3/C(C)=C(/C)CC)c2)c(C)c1C.CCCC(C)c1ccccc1C. The number of hydrogen-bond acceptors (Lipinski definition) is 0. The summed E-state index contributed by atoms with van der Waals surface area (Å²) in [6.07, 6.45) is 25.3. The summed E-state index contributed by atoms with van der Waals surface area (Å²) in [6, 6.07) is 29.4. The fraction of sp³-hybridized carbons (Fsp3) is 0.379. The van der Waals surface area contributed by atoms with Crippen LogP contribution < -0.4 is 0 Å². The Balaban J connectivity index is 0.000000530. The first-order valence-electron chi connectivity index (χ1n) is 22.4. The lowest BCUT2D eigenvalue weighted by Crippen LogP contribution is -2.14. The largest absolute Gasteiger partial charge is 0.0848 e. The third kappa shape index (κ3) is 11.9. The molecule has 0 aromatic heterocycles. The molecule has 0 saturated heterocycles. The van der Waals surface area contributed by atoms with Gasteiger partial charge in [-0.15, -0.1) is 0 Å². The summed E-state index contributed by atoms with van der Waals surface area (Å²) in [5.41, 5.74) is 22.0. The summed E-state index contributed by atoms with van der Waals surface area (Å²) in [5.74, 6) is 1.39. The Bertz CT molecular complexity index is 2150. The van der Waals surface area contributed by atoms with Gasteiger partial charge in [-0.05, 0) is 183 Å². The van der Waals surface area contributed by atoms with Gasteiger partial charge in [0, 0.05) is 0 Å². The van der Waals surface area contributed by atoms with Crippen LogP contribution in [0.15, 0.2) is 120 Å². The molecular weight excluding hydrogens is 697 g/mol. The number of rotatable bonds is 15. The van der Waals surface area contributed by atoms with Crippen molar-refractivity contribution in [3.8, 4) is 0 Å². The molecule has 1 unspecified atom stereocenters. The summed E-state index contributed by atoms with van der Waals surface area (Å²) in [5, 5.41) is 0. The van der Waals surface area contributed by atoms with Crippen molar-refractivity contribution < 1.29 is 0 Å². The Kier molecular flexibility index (Phi) is 18.3. The van der Waals surface area contributed by atoms with E-state index in [2.05, 4.69) is 204 Å². The van der Waals surface area contributed by atoms with Gasteiger partial charge in [-0.1, -0.05) is 174 Å². The van der Waals surface area contributed by atoms with Gasteiger partial charge in [0.05, 0.1) is 0 Å². The van der Waals surface area contributed by atoms with E-state index < -0.39 is 0 Å². The van der Waals surface area contributed by atoms with Gasteiger partial charge in [-0.2, -0.15) is 0 Å². The lowest BCUT2D eigenvalue weighted by Gasteiger charge is -2.30. The zero-order chi connectivity index (χ0) is 42.2. The van der Waals surface area contributed by atoms with E-state index in [0.29, 0.717) is 5.92 Å². The quantitative estimate of drug-likeness (QED) is 0.106. The smallest absolute Gasteiger partial charge is 0.0103 e. The zero-order valence-electron chi connectivity index (χ0n) is 38.4. The predicted octanol–water partition coefficient (Wildman–Crippen LogP) is 17.8. The van der Waals surface area contributed by atoms with Gasteiger partial charge in [-0.3, -0.25) is 0 Å². The average Bonchev–Trinajstić information content (AvgIpc) is 3.20. The highest BCUT2D eigenvalue weighted by Crippen LogP contribution is 2.43. The molecule has 1 saturated carbocycles. The van der Waals surface area contributed by atoms with Crippen molar-refractivity contribution in [2.75, 3.05) is 0 Å². The molecule has 1 atom stereocenters. The first kappa shape index (κ1) is 46.0. The zero-order valence-corrected chi connectivity index (χ0v) is 38.4. The molecule has 58 heavy (non-hydrogen) atoms. The maximum atomic E-state index is 2.47. The van der Waals surface area contributed by atoms with Gasteiger partial charge in [-0.25, -0.2) is 0 Å². The molecule has 0 bridgehead atoms. The second kappa shape index (κ2) is 23.0. The number of benzene rings is 4. The molecule has 0 aliphatic heterocycles. The molecule has 1 fully saturated rings. The predicted molar refractivity (Wildman–Crippen MR) is 261 cm³/mol. The minimum absolute atomic E-state index is 0.667. The van der Waals surface area contributed by atoms with E-state index in [4.69, 9.17) is 0 Å². The maximum absolute atomic E-state index is 2.47.